The van der Waals surface area contributed by atoms with Crippen molar-refractivity contribution < 1.29 is 24.2 Å². The largest absolute Gasteiger partial charge is 0.507 e. The molecule has 1 amide bonds. The van der Waals surface area contributed by atoms with Gasteiger partial charge in [0, 0.05) is 15.8 Å². The number of aliphatic hydroxyl groups is 1. The van der Waals surface area contributed by atoms with Crippen LogP contribution in [0.3, 0.4) is 0 Å². The van der Waals surface area contributed by atoms with Crippen LogP contribution in [0.25, 0.3) is 5.76 Å². The van der Waals surface area contributed by atoms with Crippen molar-refractivity contribution in [2.45, 2.75) is 23.1 Å². The van der Waals surface area contributed by atoms with Gasteiger partial charge in [-0.3, -0.25) is 14.5 Å². The first kappa shape index (κ1) is 26.5. The predicted octanol–water partition coefficient (Wildman–Crippen LogP) is 6.30. The van der Waals surface area contributed by atoms with Gasteiger partial charge in [0.05, 0.1) is 11.6 Å². The molecule has 3 aromatic carbocycles. The summed E-state index contributed by atoms with van der Waals surface area (Å²) in [6.45, 7) is 2.85. The molecule has 0 saturated carbocycles. The number of aromatic nitrogens is 2. The molecule has 202 valence electrons. The van der Waals surface area contributed by atoms with Crippen LogP contribution in [0.15, 0.2) is 81.1 Å². The van der Waals surface area contributed by atoms with Crippen LogP contribution in [0.5, 0.6) is 11.5 Å². The first-order chi connectivity index (χ1) is 19.4. The summed E-state index contributed by atoms with van der Waals surface area (Å²) in [5.74, 6) is -0.190. The average Bonchev–Trinajstić information content (AvgIpc) is 3.54. The Morgan fingerprint density at radius 1 is 1.05 bits per heavy atom. The number of aryl methyl sites for hydroxylation is 1. The van der Waals surface area contributed by atoms with Crippen LogP contribution in [-0.4, -0.2) is 40.2 Å². The highest BCUT2D eigenvalue weighted by Gasteiger charge is 2.48. The third-order valence-electron chi connectivity index (χ3n) is 6.51. The zero-order valence-corrected chi connectivity index (χ0v) is 24.4. The van der Waals surface area contributed by atoms with E-state index in [2.05, 4.69) is 50.4 Å². The van der Waals surface area contributed by atoms with Gasteiger partial charge in [-0.2, -0.15) is 0 Å². The Morgan fingerprint density at radius 2 is 1.82 bits per heavy atom. The summed E-state index contributed by atoms with van der Waals surface area (Å²) in [6.07, 6.45) is 0. The number of hydrogen-bond acceptors (Lipinski definition) is 9. The van der Waals surface area contributed by atoms with Crippen molar-refractivity contribution in [2.24, 2.45) is 0 Å². The number of ketones is 1. The van der Waals surface area contributed by atoms with Crippen molar-refractivity contribution in [1.29, 1.82) is 0 Å². The second kappa shape index (κ2) is 11.1. The summed E-state index contributed by atoms with van der Waals surface area (Å²) >= 11 is 6.22. The smallest absolute Gasteiger partial charge is 0.301 e. The monoisotopic (exact) mass is 635 g/mol. The van der Waals surface area contributed by atoms with E-state index in [0.29, 0.717) is 45.9 Å². The summed E-state index contributed by atoms with van der Waals surface area (Å²) in [7, 11) is 0. The number of fused-ring (bicyclic) bond motifs is 1. The van der Waals surface area contributed by atoms with Crippen molar-refractivity contribution in [2.75, 3.05) is 18.1 Å². The molecule has 1 unspecified atom stereocenters. The molecule has 2 aliphatic heterocycles. The van der Waals surface area contributed by atoms with Gasteiger partial charge >= 0.3 is 5.91 Å². The molecular weight excluding hydrogens is 614 g/mol. The van der Waals surface area contributed by atoms with Crippen molar-refractivity contribution in [3.05, 3.63) is 99.0 Å². The lowest BCUT2D eigenvalue weighted by Crippen LogP contribution is -2.29. The first-order valence-electron chi connectivity index (χ1n) is 12.4. The van der Waals surface area contributed by atoms with E-state index in [4.69, 9.17) is 9.47 Å². The van der Waals surface area contributed by atoms with E-state index in [1.807, 2.05) is 25.1 Å². The Hall–Kier alpha value is -3.67. The fraction of sp³-hybridized carbons (Fsp3) is 0.172. The number of rotatable bonds is 6. The lowest BCUT2D eigenvalue weighted by molar-refractivity contribution is -0.132. The Balaban J connectivity index is 1.38. The number of carbonyl (C=O) groups excluding carboxylic acids is 2. The zero-order chi connectivity index (χ0) is 27.8. The van der Waals surface area contributed by atoms with Gasteiger partial charge in [0.25, 0.3) is 5.78 Å². The number of aliphatic hydroxyl groups excluding tert-OH is 1. The minimum Gasteiger partial charge on any atom is -0.507 e. The number of benzene rings is 3. The van der Waals surface area contributed by atoms with Crippen molar-refractivity contribution in [1.82, 2.24) is 10.2 Å². The van der Waals surface area contributed by atoms with E-state index in [1.165, 1.54) is 33.6 Å². The lowest BCUT2D eigenvalue weighted by atomic mass is 9.95. The highest BCUT2D eigenvalue weighted by atomic mass is 79.9. The molecule has 6 rings (SSSR count). The quantitative estimate of drug-likeness (QED) is 0.0866. The van der Waals surface area contributed by atoms with E-state index in [0.717, 1.165) is 10.0 Å². The zero-order valence-electron chi connectivity index (χ0n) is 21.2. The van der Waals surface area contributed by atoms with Crippen molar-refractivity contribution >= 4 is 61.6 Å². The molecule has 1 N–H and O–H groups in total. The molecule has 2 aliphatic rings. The lowest BCUT2D eigenvalue weighted by Gasteiger charge is -2.23. The minimum atomic E-state index is -0.909. The third kappa shape index (κ3) is 5.12. The maximum atomic E-state index is 13.5. The van der Waals surface area contributed by atoms with Gasteiger partial charge in [0.15, 0.2) is 15.8 Å². The molecule has 11 heteroatoms. The van der Waals surface area contributed by atoms with Crippen LogP contribution in [0.4, 0.5) is 5.13 Å². The molecular formula is C29H22BrN3O5S2. The number of Topliss-reactive ketones (excluding diaryl/α,β-unsaturated/α-hetero) is 1. The Bertz CT molecular complexity index is 1650. The number of thioether (sulfide) groups is 1. The summed E-state index contributed by atoms with van der Waals surface area (Å²) < 4.78 is 12.7. The van der Waals surface area contributed by atoms with E-state index < -0.39 is 17.7 Å². The Kier molecular flexibility index (Phi) is 7.35. The van der Waals surface area contributed by atoms with Gasteiger partial charge in [-0.05, 0) is 48.4 Å². The summed E-state index contributed by atoms with van der Waals surface area (Å²) in [4.78, 5) is 28.3. The molecule has 3 heterocycles. The van der Waals surface area contributed by atoms with Crippen LogP contribution >= 0.6 is 39.0 Å². The molecule has 0 aliphatic carbocycles. The second-order valence-corrected chi connectivity index (χ2v) is 12.3. The van der Waals surface area contributed by atoms with Gasteiger partial charge in [-0.15, -0.1) is 10.2 Å². The van der Waals surface area contributed by atoms with Crippen LogP contribution in [-0.2, 0) is 15.3 Å². The van der Waals surface area contributed by atoms with Gasteiger partial charge in [-0.25, -0.2) is 0 Å². The summed E-state index contributed by atoms with van der Waals surface area (Å²) in [5.41, 5.74) is 3.27. The maximum Gasteiger partial charge on any atom is 0.301 e. The number of ether oxygens (including phenoxy) is 2. The standard InChI is InChI=1S/C29H22BrN3O5S2/c1-16-5-7-17(8-6-16)15-39-29-32-31-28(40-29)33-24(18-3-2-4-20(30)13-18)23(26(35)27(33)36)25(34)19-9-10-21-22(14-19)38-12-11-37-21/h2-10,13-14,24,34H,11-12,15H2,1H3/b25-23+. The predicted molar refractivity (Wildman–Crippen MR) is 157 cm³/mol. The average molecular weight is 637 g/mol. The van der Waals surface area contributed by atoms with Crippen molar-refractivity contribution in [3.63, 3.8) is 0 Å². The summed E-state index contributed by atoms with van der Waals surface area (Å²) in [6, 6.07) is 19.5. The molecule has 40 heavy (non-hydrogen) atoms. The number of amides is 1. The number of hydrogen-bond donors (Lipinski definition) is 1. The molecule has 1 aromatic heterocycles. The van der Waals surface area contributed by atoms with Crippen LogP contribution in [0, 0.1) is 6.92 Å². The number of halogens is 1. The van der Waals surface area contributed by atoms with Crippen LogP contribution in [0.2, 0.25) is 0 Å². The molecule has 0 spiro atoms. The van der Waals surface area contributed by atoms with Gasteiger partial charge in [0.2, 0.25) is 5.13 Å². The van der Waals surface area contributed by atoms with Gasteiger partial charge in [0.1, 0.15) is 19.0 Å². The van der Waals surface area contributed by atoms with E-state index >= 15 is 0 Å². The highest BCUT2D eigenvalue weighted by molar-refractivity contribution is 9.10. The fourth-order valence-electron chi connectivity index (χ4n) is 4.56. The molecule has 1 fully saturated rings. The van der Waals surface area contributed by atoms with Gasteiger partial charge in [-0.1, -0.05) is 81.0 Å². The molecule has 0 radical (unpaired) electrons. The third-order valence-corrected chi connectivity index (χ3v) is 9.13. The normalized spacial score (nSPS) is 17.9. The Morgan fingerprint density at radius 3 is 2.60 bits per heavy atom. The van der Waals surface area contributed by atoms with Crippen LogP contribution in [0.1, 0.15) is 28.3 Å². The molecule has 4 aromatic rings. The second-order valence-electron chi connectivity index (χ2n) is 9.21. The van der Waals surface area contributed by atoms with Gasteiger partial charge < -0.3 is 14.6 Å². The summed E-state index contributed by atoms with van der Waals surface area (Å²) in [5, 5.41) is 20.3. The SMILES string of the molecule is Cc1ccc(CSc2nnc(N3C(=O)C(=O)/C(=C(/O)c4ccc5c(c4)OCCO5)C3c3cccc(Br)c3)s2)cc1. The molecule has 1 saturated heterocycles. The van der Waals surface area contributed by atoms with Crippen molar-refractivity contribution in [3.8, 4) is 11.5 Å². The fourth-order valence-corrected chi connectivity index (χ4v) is 6.80. The Labute approximate surface area is 246 Å². The molecule has 0 bridgehead atoms. The molecule has 1 atom stereocenters. The highest BCUT2D eigenvalue weighted by Crippen LogP contribution is 2.45. The minimum absolute atomic E-state index is 0.0381. The first-order valence-corrected chi connectivity index (χ1v) is 15.0. The number of nitrogens with zero attached hydrogens (tertiary/aromatic N) is 3. The number of carbonyl (C=O) groups is 2. The van der Waals surface area contributed by atoms with E-state index in [9.17, 15) is 14.7 Å². The maximum absolute atomic E-state index is 13.5. The van der Waals surface area contributed by atoms with E-state index in [1.54, 1.807) is 24.3 Å². The topological polar surface area (TPSA) is 102 Å². The number of anilines is 1. The molecule has 8 nitrogen and oxygen atoms in total. The van der Waals surface area contributed by atoms with E-state index in [-0.39, 0.29) is 16.5 Å². The van der Waals surface area contributed by atoms with Crippen LogP contribution < -0.4 is 14.4 Å².